The van der Waals surface area contributed by atoms with Gasteiger partial charge in [-0.25, -0.2) is 0 Å². The van der Waals surface area contributed by atoms with E-state index in [4.69, 9.17) is 4.42 Å². The maximum Gasteiger partial charge on any atom is 0.253 e. The summed E-state index contributed by atoms with van der Waals surface area (Å²) >= 11 is 0. The molecule has 3 N–H and O–H groups in total. The Balaban J connectivity index is 1.36. The van der Waals surface area contributed by atoms with Gasteiger partial charge in [0.1, 0.15) is 22.9 Å². The standard InChI is InChI=1S/C18H26N4O3/c1-19-15-16(18(24)17(15)23)21-8-7-20-11-13-5-6-14(25-13)12-22-9-3-2-4-10-22/h5-6,19-21H,2-4,7-12H2,1H3. The molecule has 1 aliphatic heterocycles. The summed E-state index contributed by atoms with van der Waals surface area (Å²) in [6, 6.07) is 4.06. The highest BCUT2D eigenvalue weighted by Gasteiger charge is 2.18. The van der Waals surface area contributed by atoms with Gasteiger partial charge in [0, 0.05) is 20.1 Å². The monoisotopic (exact) mass is 346 g/mol. The second kappa shape index (κ2) is 8.31. The molecule has 0 unspecified atom stereocenters. The number of rotatable bonds is 9. The molecule has 25 heavy (non-hydrogen) atoms. The van der Waals surface area contributed by atoms with Gasteiger partial charge in [-0.1, -0.05) is 6.42 Å². The van der Waals surface area contributed by atoms with Gasteiger partial charge < -0.3 is 20.4 Å². The molecule has 136 valence electrons. The van der Waals surface area contributed by atoms with Crippen LogP contribution >= 0.6 is 0 Å². The Labute approximate surface area is 147 Å². The first kappa shape index (κ1) is 17.7. The van der Waals surface area contributed by atoms with Gasteiger partial charge in [0.05, 0.1) is 13.1 Å². The summed E-state index contributed by atoms with van der Waals surface area (Å²) in [6.07, 6.45) is 3.90. The quantitative estimate of drug-likeness (QED) is 0.463. The van der Waals surface area contributed by atoms with Gasteiger partial charge in [-0.3, -0.25) is 14.5 Å². The first-order valence-electron chi connectivity index (χ1n) is 8.94. The molecular weight excluding hydrogens is 320 g/mol. The molecule has 2 aromatic rings. The highest BCUT2D eigenvalue weighted by molar-refractivity contribution is 5.73. The third kappa shape index (κ3) is 4.29. The Morgan fingerprint density at radius 1 is 1.00 bits per heavy atom. The maximum atomic E-state index is 11.4. The minimum atomic E-state index is -0.449. The van der Waals surface area contributed by atoms with Gasteiger partial charge in [0.25, 0.3) is 10.9 Å². The lowest BCUT2D eigenvalue weighted by atomic mass is 10.1. The summed E-state index contributed by atoms with van der Waals surface area (Å²) in [5.41, 5.74) is -0.137. The third-order valence-corrected chi connectivity index (χ3v) is 4.61. The van der Waals surface area contributed by atoms with E-state index in [0.717, 1.165) is 31.2 Å². The summed E-state index contributed by atoms with van der Waals surface area (Å²) in [6.45, 7) is 5.09. The maximum absolute atomic E-state index is 11.4. The van der Waals surface area contributed by atoms with Crippen LogP contribution in [0.25, 0.3) is 0 Å². The van der Waals surface area contributed by atoms with Crippen LogP contribution in [0.1, 0.15) is 30.8 Å². The molecular formula is C18H26N4O3. The average molecular weight is 346 g/mol. The zero-order chi connectivity index (χ0) is 17.6. The number of furan rings is 1. The zero-order valence-corrected chi connectivity index (χ0v) is 14.7. The van der Waals surface area contributed by atoms with Crippen molar-refractivity contribution in [1.29, 1.82) is 0 Å². The molecule has 1 saturated heterocycles. The van der Waals surface area contributed by atoms with E-state index >= 15 is 0 Å². The topological polar surface area (TPSA) is 86.6 Å². The smallest absolute Gasteiger partial charge is 0.253 e. The molecule has 0 aliphatic carbocycles. The van der Waals surface area contributed by atoms with Crippen molar-refractivity contribution in [2.24, 2.45) is 0 Å². The molecule has 1 aromatic heterocycles. The molecule has 1 aliphatic rings. The van der Waals surface area contributed by atoms with Crippen molar-refractivity contribution in [3.63, 3.8) is 0 Å². The Hall–Kier alpha value is -2.12. The average Bonchev–Trinajstić information content (AvgIpc) is 3.08. The summed E-state index contributed by atoms with van der Waals surface area (Å²) < 4.78 is 5.87. The number of hydrogen-bond acceptors (Lipinski definition) is 7. The lowest BCUT2D eigenvalue weighted by Crippen LogP contribution is -2.38. The van der Waals surface area contributed by atoms with E-state index < -0.39 is 10.9 Å². The van der Waals surface area contributed by atoms with Crippen LogP contribution in [0.5, 0.6) is 0 Å². The number of hydrogen-bond donors (Lipinski definition) is 3. The zero-order valence-electron chi connectivity index (χ0n) is 14.7. The second-order valence-electron chi connectivity index (χ2n) is 6.47. The fraction of sp³-hybridized carbons (Fsp3) is 0.556. The summed E-state index contributed by atoms with van der Waals surface area (Å²) in [5.74, 6) is 1.93. The van der Waals surface area contributed by atoms with Crippen molar-refractivity contribution >= 4 is 11.4 Å². The van der Waals surface area contributed by atoms with Crippen LogP contribution in [0.2, 0.25) is 0 Å². The molecule has 0 radical (unpaired) electrons. The SMILES string of the molecule is CNc1c(NCCNCc2ccc(CN3CCCCC3)o2)c(=O)c1=O. The fourth-order valence-corrected chi connectivity index (χ4v) is 3.23. The summed E-state index contributed by atoms with van der Waals surface area (Å²) in [5, 5.41) is 9.01. The molecule has 0 saturated carbocycles. The fourth-order valence-electron chi connectivity index (χ4n) is 3.23. The van der Waals surface area contributed by atoms with Crippen molar-refractivity contribution in [2.75, 3.05) is 43.9 Å². The van der Waals surface area contributed by atoms with Crippen LogP contribution in [-0.2, 0) is 13.1 Å². The van der Waals surface area contributed by atoms with E-state index in [9.17, 15) is 9.59 Å². The van der Waals surface area contributed by atoms with E-state index in [2.05, 4.69) is 20.9 Å². The van der Waals surface area contributed by atoms with E-state index in [-0.39, 0.29) is 0 Å². The Bertz CT molecular complexity index is 755. The third-order valence-electron chi connectivity index (χ3n) is 4.61. The minimum absolute atomic E-state index is 0.374. The summed E-state index contributed by atoms with van der Waals surface area (Å²) in [7, 11) is 1.64. The molecule has 0 amide bonds. The van der Waals surface area contributed by atoms with Crippen molar-refractivity contribution in [1.82, 2.24) is 10.2 Å². The first-order valence-corrected chi connectivity index (χ1v) is 8.94. The molecule has 2 heterocycles. The minimum Gasteiger partial charge on any atom is -0.463 e. The summed E-state index contributed by atoms with van der Waals surface area (Å²) in [4.78, 5) is 25.2. The van der Waals surface area contributed by atoms with Crippen molar-refractivity contribution < 1.29 is 4.42 Å². The first-order chi connectivity index (χ1) is 12.2. The molecule has 0 spiro atoms. The van der Waals surface area contributed by atoms with E-state index in [0.29, 0.717) is 31.0 Å². The number of anilines is 2. The van der Waals surface area contributed by atoms with Gasteiger partial charge in [0.2, 0.25) is 0 Å². The Kier molecular flexibility index (Phi) is 5.88. The normalized spacial score (nSPS) is 15.6. The van der Waals surface area contributed by atoms with Crippen molar-refractivity contribution in [2.45, 2.75) is 32.4 Å². The van der Waals surface area contributed by atoms with Crippen molar-refractivity contribution in [3.8, 4) is 0 Å². The van der Waals surface area contributed by atoms with Gasteiger partial charge in [-0.05, 0) is 38.1 Å². The van der Waals surface area contributed by atoms with Crippen LogP contribution in [0.4, 0.5) is 11.4 Å². The Morgan fingerprint density at radius 3 is 2.48 bits per heavy atom. The predicted octanol–water partition coefficient (Wildman–Crippen LogP) is 1.10. The lowest BCUT2D eigenvalue weighted by molar-refractivity contribution is 0.203. The molecule has 1 fully saturated rings. The number of nitrogens with zero attached hydrogens (tertiary/aromatic N) is 1. The van der Waals surface area contributed by atoms with Gasteiger partial charge >= 0.3 is 0 Å². The van der Waals surface area contributed by atoms with E-state index in [1.165, 1.54) is 19.3 Å². The number of likely N-dealkylation sites (tertiary alicyclic amines) is 1. The molecule has 7 nitrogen and oxygen atoms in total. The highest BCUT2D eigenvalue weighted by Crippen LogP contribution is 2.15. The predicted molar refractivity (Wildman–Crippen MR) is 98.9 cm³/mol. The van der Waals surface area contributed by atoms with Crippen molar-refractivity contribution in [3.05, 3.63) is 44.1 Å². The second-order valence-corrected chi connectivity index (χ2v) is 6.47. The van der Waals surface area contributed by atoms with Crippen LogP contribution in [0.3, 0.4) is 0 Å². The van der Waals surface area contributed by atoms with Crippen LogP contribution in [-0.4, -0.2) is 38.1 Å². The molecule has 3 rings (SSSR count). The van der Waals surface area contributed by atoms with Gasteiger partial charge in [0.15, 0.2) is 0 Å². The lowest BCUT2D eigenvalue weighted by Gasteiger charge is -2.25. The largest absolute Gasteiger partial charge is 0.463 e. The van der Waals surface area contributed by atoms with Crippen LogP contribution in [0, 0.1) is 0 Å². The Morgan fingerprint density at radius 2 is 1.72 bits per heavy atom. The van der Waals surface area contributed by atoms with Gasteiger partial charge in [-0.2, -0.15) is 0 Å². The molecule has 0 bridgehead atoms. The highest BCUT2D eigenvalue weighted by atomic mass is 16.3. The number of piperidine rings is 1. The van der Waals surface area contributed by atoms with E-state index in [1.54, 1.807) is 7.05 Å². The molecule has 7 heteroatoms. The van der Waals surface area contributed by atoms with E-state index in [1.807, 2.05) is 12.1 Å². The van der Waals surface area contributed by atoms with Crippen LogP contribution in [0.15, 0.2) is 26.1 Å². The number of nitrogens with one attached hydrogen (secondary N) is 3. The molecule has 1 aromatic carbocycles. The van der Waals surface area contributed by atoms with Crippen LogP contribution < -0.4 is 26.8 Å². The molecule has 0 atom stereocenters. The van der Waals surface area contributed by atoms with Gasteiger partial charge in [-0.15, -0.1) is 0 Å².